The van der Waals surface area contributed by atoms with E-state index in [0.717, 1.165) is 6.42 Å². The maximum absolute atomic E-state index is 11.7. The van der Waals surface area contributed by atoms with Crippen LogP contribution >= 0.6 is 0 Å². The lowest BCUT2D eigenvalue weighted by Crippen LogP contribution is -2.37. The Kier molecular flexibility index (Phi) is 3.72. The van der Waals surface area contributed by atoms with E-state index < -0.39 is 9.84 Å². The van der Waals surface area contributed by atoms with Crippen LogP contribution in [0.4, 0.5) is 0 Å². The topological polar surface area (TPSA) is 66.5 Å². The van der Waals surface area contributed by atoms with Crippen LogP contribution in [0.25, 0.3) is 0 Å². The molecule has 0 aromatic rings. The van der Waals surface area contributed by atoms with Crippen molar-refractivity contribution in [2.24, 2.45) is 0 Å². The zero-order chi connectivity index (χ0) is 11.6. The number of hydrogen-bond acceptors (Lipinski definition) is 4. The highest BCUT2D eigenvalue weighted by molar-refractivity contribution is 7.90. The summed E-state index contributed by atoms with van der Waals surface area (Å²) in [5.41, 5.74) is 0. The fourth-order valence-corrected chi connectivity index (χ4v) is 2.23. The highest BCUT2D eigenvalue weighted by atomic mass is 32.2. The molecule has 1 aliphatic heterocycles. The first-order valence-corrected chi connectivity index (χ1v) is 7.15. The Morgan fingerprint density at radius 1 is 1.47 bits per heavy atom. The van der Waals surface area contributed by atoms with E-state index in [1.807, 2.05) is 13.8 Å². The smallest absolute Gasteiger partial charge is 0.241 e. The van der Waals surface area contributed by atoms with Crippen LogP contribution in [-0.2, 0) is 14.6 Å². The predicted octanol–water partition coefficient (Wildman–Crippen LogP) is -0.413. The average Bonchev–Trinajstić information content (AvgIpc) is 2.37. The van der Waals surface area contributed by atoms with Gasteiger partial charge in [0, 0.05) is 12.8 Å². The number of nitrogens with one attached hydrogen (secondary N) is 1. The summed E-state index contributed by atoms with van der Waals surface area (Å²) in [5, 5.41) is 3.12. The van der Waals surface area contributed by atoms with Crippen molar-refractivity contribution in [2.75, 3.05) is 18.6 Å². The summed E-state index contributed by atoms with van der Waals surface area (Å²) in [6, 6.07) is -0.153. The van der Waals surface area contributed by atoms with E-state index in [4.69, 9.17) is 0 Å². The molecule has 2 unspecified atom stereocenters. The molecule has 0 aromatic carbocycles. The molecule has 1 fully saturated rings. The third kappa shape index (κ3) is 3.17. The van der Waals surface area contributed by atoms with Gasteiger partial charge in [0.2, 0.25) is 5.91 Å². The second kappa shape index (κ2) is 4.49. The van der Waals surface area contributed by atoms with Crippen LogP contribution in [0.15, 0.2) is 0 Å². The molecule has 2 atom stereocenters. The zero-order valence-electron chi connectivity index (χ0n) is 9.36. The Morgan fingerprint density at radius 2 is 2.07 bits per heavy atom. The number of amides is 1. The average molecular weight is 234 g/mol. The Hall–Kier alpha value is -0.620. The molecular formula is C9H18N2O3S. The van der Waals surface area contributed by atoms with Gasteiger partial charge in [0.15, 0.2) is 0 Å². The summed E-state index contributed by atoms with van der Waals surface area (Å²) < 4.78 is 22.0. The molecule has 0 bridgehead atoms. The van der Waals surface area contributed by atoms with Gasteiger partial charge in [0.05, 0.1) is 18.0 Å². The van der Waals surface area contributed by atoms with Gasteiger partial charge in [0.25, 0.3) is 0 Å². The van der Waals surface area contributed by atoms with E-state index in [1.165, 1.54) is 6.26 Å². The van der Waals surface area contributed by atoms with Gasteiger partial charge in [-0.2, -0.15) is 0 Å². The number of nitrogens with zero attached hydrogens (tertiary/aromatic N) is 1. The van der Waals surface area contributed by atoms with Crippen molar-refractivity contribution in [2.45, 2.75) is 32.5 Å². The summed E-state index contributed by atoms with van der Waals surface area (Å²) in [7, 11) is -3.00. The van der Waals surface area contributed by atoms with Crippen LogP contribution in [0, 0.1) is 0 Å². The molecule has 0 aromatic heterocycles. The maximum atomic E-state index is 11.7. The minimum Gasteiger partial charge on any atom is -0.325 e. The van der Waals surface area contributed by atoms with Crippen molar-refractivity contribution in [3.8, 4) is 0 Å². The summed E-state index contributed by atoms with van der Waals surface area (Å²) in [5.74, 6) is 0.0370. The first-order valence-electron chi connectivity index (χ1n) is 5.09. The van der Waals surface area contributed by atoms with Gasteiger partial charge >= 0.3 is 0 Å². The van der Waals surface area contributed by atoms with E-state index in [9.17, 15) is 13.2 Å². The summed E-state index contributed by atoms with van der Waals surface area (Å²) in [6.45, 7) is 4.08. The number of sulfone groups is 1. The lowest BCUT2D eigenvalue weighted by atomic mass is 10.2. The third-order valence-electron chi connectivity index (χ3n) is 2.60. The van der Waals surface area contributed by atoms with Crippen molar-refractivity contribution >= 4 is 15.7 Å². The Balaban J connectivity index is 2.59. The number of hydrogen-bond donors (Lipinski definition) is 1. The van der Waals surface area contributed by atoms with E-state index in [2.05, 4.69) is 5.32 Å². The van der Waals surface area contributed by atoms with Gasteiger partial charge in [-0.25, -0.2) is 8.42 Å². The van der Waals surface area contributed by atoms with Crippen molar-refractivity contribution in [3.63, 3.8) is 0 Å². The predicted molar refractivity (Wildman–Crippen MR) is 58.1 cm³/mol. The molecule has 6 heteroatoms. The molecule has 5 nitrogen and oxygen atoms in total. The lowest BCUT2D eigenvalue weighted by molar-refractivity contribution is -0.129. The van der Waals surface area contributed by atoms with Crippen LogP contribution in [0.1, 0.15) is 20.3 Å². The molecule has 88 valence electrons. The zero-order valence-corrected chi connectivity index (χ0v) is 10.2. The maximum Gasteiger partial charge on any atom is 0.241 e. The molecule has 1 rings (SSSR count). The highest BCUT2D eigenvalue weighted by Gasteiger charge is 2.34. The molecule has 1 saturated heterocycles. The van der Waals surface area contributed by atoms with Crippen molar-refractivity contribution in [1.29, 1.82) is 0 Å². The normalized spacial score (nSPS) is 27.4. The number of carbonyl (C=O) groups is 1. The standard InChI is InChI=1S/C9H18N2O3S/c1-4-8-9(12)11(7(2)10-8)5-6-15(3,13)14/h7-8,10H,4-6H2,1-3H3. The SMILES string of the molecule is CCC1NC(C)N(CCS(C)(=O)=O)C1=O. The first-order chi connectivity index (χ1) is 6.85. The van der Waals surface area contributed by atoms with Gasteiger partial charge in [-0.15, -0.1) is 0 Å². The molecule has 1 heterocycles. The van der Waals surface area contributed by atoms with Crippen LogP contribution < -0.4 is 5.32 Å². The minimum atomic E-state index is -3.00. The molecule has 1 aliphatic rings. The largest absolute Gasteiger partial charge is 0.325 e. The summed E-state index contributed by atoms with van der Waals surface area (Å²) in [6.07, 6.45) is 1.85. The van der Waals surface area contributed by atoms with Gasteiger partial charge < -0.3 is 4.90 Å². The number of carbonyl (C=O) groups excluding carboxylic acids is 1. The van der Waals surface area contributed by atoms with Gasteiger partial charge in [-0.05, 0) is 13.3 Å². The summed E-state index contributed by atoms with van der Waals surface area (Å²) >= 11 is 0. The fraction of sp³-hybridized carbons (Fsp3) is 0.889. The van der Waals surface area contributed by atoms with E-state index in [-0.39, 0.29) is 30.4 Å². The molecule has 0 saturated carbocycles. The van der Waals surface area contributed by atoms with Crippen LogP contribution in [-0.4, -0.2) is 50.0 Å². The summed E-state index contributed by atoms with van der Waals surface area (Å²) in [4.78, 5) is 13.3. The molecule has 1 N–H and O–H groups in total. The second-order valence-corrected chi connectivity index (χ2v) is 6.22. The van der Waals surface area contributed by atoms with Gasteiger partial charge in [-0.3, -0.25) is 10.1 Å². The Morgan fingerprint density at radius 3 is 2.47 bits per heavy atom. The number of rotatable bonds is 4. The molecule has 0 spiro atoms. The molecular weight excluding hydrogens is 216 g/mol. The van der Waals surface area contributed by atoms with Crippen LogP contribution in [0.3, 0.4) is 0 Å². The molecule has 1 amide bonds. The van der Waals surface area contributed by atoms with Crippen molar-refractivity contribution in [1.82, 2.24) is 10.2 Å². The van der Waals surface area contributed by atoms with E-state index >= 15 is 0 Å². The first kappa shape index (κ1) is 12.4. The molecule has 0 radical (unpaired) electrons. The lowest BCUT2D eigenvalue weighted by Gasteiger charge is -2.19. The Labute approximate surface area is 90.7 Å². The quantitative estimate of drug-likeness (QED) is 0.718. The Bertz CT molecular complexity index is 339. The van der Waals surface area contributed by atoms with Crippen LogP contribution in [0.5, 0.6) is 0 Å². The van der Waals surface area contributed by atoms with Crippen molar-refractivity contribution in [3.05, 3.63) is 0 Å². The highest BCUT2D eigenvalue weighted by Crippen LogP contribution is 2.12. The second-order valence-electron chi connectivity index (χ2n) is 3.96. The van der Waals surface area contributed by atoms with E-state index in [0.29, 0.717) is 0 Å². The molecule has 15 heavy (non-hydrogen) atoms. The third-order valence-corrected chi connectivity index (χ3v) is 3.53. The van der Waals surface area contributed by atoms with Crippen LogP contribution in [0.2, 0.25) is 0 Å². The minimum absolute atomic E-state index is 0.00801. The van der Waals surface area contributed by atoms with Gasteiger partial charge in [-0.1, -0.05) is 6.92 Å². The fourth-order valence-electron chi connectivity index (χ4n) is 1.70. The van der Waals surface area contributed by atoms with E-state index in [1.54, 1.807) is 4.90 Å². The van der Waals surface area contributed by atoms with Crippen molar-refractivity contribution < 1.29 is 13.2 Å². The monoisotopic (exact) mass is 234 g/mol. The van der Waals surface area contributed by atoms with Gasteiger partial charge in [0.1, 0.15) is 9.84 Å². The molecule has 0 aliphatic carbocycles.